The van der Waals surface area contributed by atoms with Gasteiger partial charge in [0.05, 0.1) is 0 Å². The SMILES string of the molecule is Cl.Cl.O=C(O)C(NCC1CCNCC1)c1ccccc1. The first kappa shape index (κ1) is 19.2. The van der Waals surface area contributed by atoms with E-state index in [0.29, 0.717) is 5.92 Å². The van der Waals surface area contributed by atoms with Gasteiger partial charge in [-0.1, -0.05) is 30.3 Å². The number of carboxylic acids is 1. The molecule has 1 aliphatic rings. The molecule has 1 aromatic rings. The minimum absolute atomic E-state index is 0. The Morgan fingerprint density at radius 2 is 1.85 bits per heavy atom. The second-order valence-corrected chi connectivity index (χ2v) is 4.78. The molecular formula is C14H22Cl2N2O2. The number of halogens is 2. The van der Waals surface area contributed by atoms with Crippen LogP contribution in [0.25, 0.3) is 0 Å². The van der Waals surface area contributed by atoms with Crippen LogP contribution in [0, 0.1) is 5.92 Å². The molecule has 6 heteroatoms. The summed E-state index contributed by atoms with van der Waals surface area (Å²) in [6, 6.07) is 8.76. The summed E-state index contributed by atoms with van der Waals surface area (Å²) in [6.45, 7) is 2.85. The van der Waals surface area contributed by atoms with Crippen LogP contribution in [0.3, 0.4) is 0 Å². The molecule has 114 valence electrons. The molecule has 0 saturated carbocycles. The Kier molecular flexibility index (Phi) is 9.59. The molecule has 3 N–H and O–H groups in total. The van der Waals surface area contributed by atoms with Crippen molar-refractivity contribution in [1.29, 1.82) is 0 Å². The lowest BCUT2D eigenvalue weighted by atomic mass is 9.97. The maximum Gasteiger partial charge on any atom is 0.325 e. The number of nitrogens with one attached hydrogen (secondary N) is 2. The highest BCUT2D eigenvalue weighted by molar-refractivity contribution is 5.85. The Balaban J connectivity index is 0.00000180. The van der Waals surface area contributed by atoms with E-state index in [0.717, 1.165) is 38.0 Å². The Hall–Kier alpha value is -0.810. The Bertz CT molecular complexity index is 384. The summed E-state index contributed by atoms with van der Waals surface area (Å²) in [5, 5.41) is 15.8. The van der Waals surface area contributed by atoms with E-state index >= 15 is 0 Å². The molecule has 0 aromatic heterocycles. The van der Waals surface area contributed by atoms with Crippen molar-refractivity contribution < 1.29 is 9.90 Å². The molecule has 1 unspecified atom stereocenters. The van der Waals surface area contributed by atoms with Gasteiger partial charge in [-0.3, -0.25) is 4.79 Å². The van der Waals surface area contributed by atoms with E-state index in [9.17, 15) is 9.90 Å². The quantitative estimate of drug-likeness (QED) is 0.778. The minimum atomic E-state index is -0.810. The van der Waals surface area contributed by atoms with Gasteiger partial charge in [0, 0.05) is 0 Å². The summed E-state index contributed by atoms with van der Waals surface area (Å²) in [6.07, 6.45) is 2.24. The van der Waals surface area contributed by atoms with Crippen LogP contribution in [0.15, 0.2) is 30.3 Å². The fraction of sp³-hybridized carbons (Fsp3) is 0.500. The van der Waals surface area contributed by atoms with E-state index in [2.05, 4.69) is 10.6 Å². The first-order valence-electron chi connectivity index (χ1n) is 6.49. The van der Waals surface area contributed by atoms with E-state index < -0.39 is 12.0 Å². The van der Waals surface area contributed by atoms with Crippen molar-refractivity contribution in [1.82, 2.24) is 10.6 Å². The van der Waals surface area contributed by atoms with E-state index in [-0.39, 0.29) is 24.8 Å². The number of rotatable bonds is 5. The molecule has 0 aliphatic carbocycles. The third-order valence-electron chi connectivity index (χ3n) is 3.45. The predicted octanol–water partition coefficient (Wildman–Crippen LogP) is 2.25. The zero-order valence-electron chi connectivity index (χ0n) is 11.2. The number of benzene rings is 1. The minimum Gasteiger partial charge on any atom is -0.480 e. The summed E-state index contributed by atoms with van der Waals surface area (Å²) in [4.78, 5) is 11.3. The molecule has 0 bridgehead atoms. The topological polar surface area (TPSA) is 61.4 Å². The molecule has 1 atom stereocenters. The van der Waals surface area contributed by atoms with Crippen LogP contribution in [-0.2, 0) is 4.79 Å². The largest absolute Gasteiger partial charge is 0.480 e. The van der Waals surface area contributed by atoms with Crippen LogP contribution in [0.4, 0.5) is 0 Å². The predicted molar refractivity (Wildman–Crippen MR) is 84.9 cm³/mol. The standard InChI is InChI=1S/C14H20N2O2.2ClH/c17-14(18)13(12-4-2-1-3-5-12)16-10-11-6-8-15-9-7-11;;/h1-5,11,13,15-16H,6-10H2,(H,17,18);2*1H. The van der Waals surface area contributed by atoms with Crippen LogP contribution in [-0.4, -0.2) is 30.7 Å². The molecule has 0 amide bonds. The molecule has 1 aliphatic heterocycles. The van der Waals surface area contributed by atoms with Gasteiger partial charge in [-0.15, -0.1) is 24.8 Å². The second kappa shape index (κ2) is 10.00. The Labute approximate surface area is 132 Å². The molecule has 1 heterocycles. The van der Waals surface area contributed by atoms with Crippen molar-refractivity contribution in [3.8, 4) is 0 Å². The van der Waals surface area contributed by atoms with Gasteiger partial charge >= 0.3 is 5.97 Å². The fourth-order valence-corrected chi connectivity index (χ4v) is 2.36. The highest BCUT2D eigenvalue weighted by Crippen LogP contribution is 2.16. The van der Waals surface area contributed by atoms with Gasteiger partial charge in [0.1, 0.15) is 6.04 Å². The second-order valence-electron chi connectivity index (χ2n) is 4.78. The molecule has 1 fully saturated rings. The molecule has 4 nitrogen and oxygen atoms in total. The van der Waals surface area contributed by atoms with E-state index in [1.165, 1.54) is 0 Å². The zero-order chi connectivity index (χ0) is 12.8. The van der Waals surface area contributed by atoms with Gasteiger partial charge in [-0.25, -0.2) is 0 Å². The Morgan fingerprint density at radius 3 is 2.40 bits per heavy atom. The molecule has 0 spiro atoms. The molecule has 1 saturated heterocycles. The van der Waals surface area contributed by atoms with Crippen LogP contribution < -0.4 is 10.6 Å². The van der Waals surface area contributed by atoms with E-state index in [1.807, 2.05) is 30.3 Å². The number of hydrogen-bond acceptors (Lipinski definition) is 3. The lowest BCUT2D eigenvalue weighted by Gasteiger charge is -2.24. The van der Waals surface area contributed by atoms with Crippen molar-refractivity contribution >= 4 is 30.8 Å². The van der Waals surface area contributed by atoms with Gasteiger partial charge in [0.25, 0.3) is 0 Å². The molecular weight excluding hydrogens is 299 g/mol. The zero-order valence-corrected chi connectivity index (χ0v) is 12.9. The third-order valence-corrected chi connectivity index (χ3v) is 3.45. The third kappa shape index (κ3) is 5.67. The van der Waals surface area contributed by atoms with Gasteiger partial charge in [0.2, 0.25) is 0 Å². The average Bonchev–Trinajstić information content (AvgIpc) is 2.41. The molecule has 0 radical (unpaired) electrons. The smallest absolute Gasteiger partial charge is 0.325 e. The van der Waals surface area contributed by atoms with Gasteiger partial charge < -0.3 is 15.7 Å². The summed E-state index contributed by atoms with van der Waals surface area (Å²) >= 11 is 0. The van der Waals surface area contributed by atoms with E-state index in [4.69, 9.17) is 0 Å². The number of hydrogen-bond donors (Lipinski definition) is 3. The van der Waals surface area contributed by atoms with Gasteiger partial charge in [-0.2, -0.15) is 0 Å². The van der Waals surface area contributed by atoms with Gasteiger partial charge in [-0.05, 0) is 44.0 Å². The monoisotopic (exact) mass is 320 g/mol. The summed E-state index contributed by atoms with van der Waals surface area (Å²) < 4.78 is 0. The lowest BCUT2D eigenvalue weighted by molar-refractivity contribution is -0.139. The van der Waals surface area contributed by atoms with Crippen LogP contribution in [0.1, 0.15) is 24.4 Å². The summed E-state index contributed by atoms with van der Waals surface area (Å²) in [5.41, 5.74) is 0.818. The van der Waals surface area contributed by atoms with Crippen molar-refractivity contribution in [3.05, 3.63) is 35.9 Å². The maximum absolute atomic E-state index is 11.3. The van der Waals surface area contributed by atoms with Crippen LogP contribution in [0.2, 0.25) is 0 Å². The normalized spacial score (nSPS) is 16.6. The first-order valence-corrected chi connectivity index (χ1v) is 6.49. The van der Waals surface area contributed by atoms with Crippen molar-refractivity contribution in [2.24, 2.45) is 5.92 Å². The highest BCUT2D eigenvalue weighted by atomic mass is 35.5. The van der Waals surface area contributed by atoms with Gasteiger partial charge in [0.15, 0.2) is 0 Å². The first-order chi connectivity index (χ1) is 8.77. The van der Waals surface area contributed by atoms with Crippen LogP contribution >= 0.6 is 24.8 Å². The highest BCUT2D eigenvalue weighted by Gasteiger charge is 2.21. The average molecular weight is 321 g/mol. The molecule has 1 aromatic carbocycles. The summed E-state index contributed by atoms with van der Waals surface area (Å²) in [5.74, 6) is -0.230. The number of carboxylic acid groups (broad SMARTS) is 1. The van der Waals surface area contributed by atoms with Crippen molar-refractivity contribution in [2.75, 3.05) is 19.6 Å². The number of piperidine rings is 1. The lowest BCUT2D eigenvalue weighted by Crippen LogP contribution is -2.37. The maximum atomic E-state index is 11.3. The van der Waals surface area contributed by atoms with Crippen molar-refractivity contribution in [2.45, 2.75) is 18.9 Å². The number of aliphatic carboxylic acids is 1. The Morgan fingerprint density at radius 1 is 1.25 bits per heavy atom. The number of carbonyl (C=O) groups is 1. The molecule has 20 heavy (non-hydrogen) atoms. The summed E-state index contributed by atoms with van der Waals surface area (Å²) in [7, 11) is 0. The van der Waals surface area contributed by atoms with Crippen molar-refractivity contribution in [3.63, 3.8) is 0 Å². The fourth-order valence-electron chi connectivity index (χ4n) is 2.36. The van der Waals surface area contributed by atoms with Crippen LogP contribution in [0.5, 0.6) is 0 Å². The molecule has 2 rings (SSSR count). The van der Waals surface area contributed by atoms with E-state index in [1.54, 1.807) is 0 Å².